The van der Waals surface area contributed by atoms with E-state index in [9.17, 15) is 4.79 Å². The minimum Gasteiger partial charge on any atom is -0.468 e. The third-order valence-corrected chi connectivity index (χ3v) is 6.46. The van der Waals surface area contributed by atoms with Crippen LogP contribution in [0.3, 0.4) is 0 Å². The summed E-state index contributed by atoms with van der Waals surface area (Å²) in [6, 6.07) is 8.23. The largest absolute Gasteiger partial charge is 0.468 e. The molecule has 2 aliphatic heterocycles. The summed E-state index contributed by atoms with van der Waals surface area (Å²) < 4.78 is 9.66. The molecule has 2 bridgehead atoms. The van der Waals surface area contributed by atoms with Gasteiger partial charge in [0.1, 0.15) is 5.76 Å². The first-order valence-electron chi connectivity index (χ1n) is 10.8. The van der Waals surface area contributed by atoms with Crippen molar-refractivity contribution >= 4 is 0 Å². The van der Waals surface area contributed by atoms with Crippen molar-refractivity contribution in [1.82, 2.24) is 23.9 Å². The van der Waals surface area contributed by atoms with Gasteiger partial charge >= 0.3 is 0 Å². The van der Waals surface area contributed by atoms with Crippen LogP contribution in [0, 0.1) is 5.92 Å². The van der Waals surface area contributed by atoms with E-state index in [2.05, 4.69) is 37.0 Å². The fraction of sp³-hybridized carbons (Fsp3) is 0.478. The topological polar surface area (TPSA) is 59.4 Å². The van der Waals surface area contributed by atoms with Gasteiger partial charge in [-0.1, -0.05) is 6.07 Å². The Labute approximate surface area is 176 Å². The smallest absolute Gasteiger partial charge is 0.255 e. The number of furan rings is 1. The molecule has 0 radical (unpaired) electrons. The van der Waals surface area contributed by atoms with Crippen molar-refractivity contribution in [3.8, 4) is 0 Å². The molecule has 2 atom stereocenters. The predicted molar refractivity (Wildman–Crippen MR) is 114 cm³/mol. The summed E-state index contributed by atoms with van der Waals surface area (Å²) in [7, 11) is 2.07. The van der Waals surface area contributed by atoms with Crippen LogP contribution in [0.15, 0.2) is 58.5 Å². The van der Waals surface area contributed by atoms with Gasteiger partial charge in [-0.3, -0.25) is 9.69 Å². The minimum absolute atomic E-state index is 0.191. The molecule has 0 aromatic carbocycles. The average molecular weight is 408 g/mol. The lowest BCUT2D eigenvalue weighted by atomic mass is 9.83. The van der Waals surface area contributed by atoms with Crippen molar-refractivity contribution in [2.24, 2.45) is 5.92 Å². The third kappa shape index (κ3) is 4.00. The molecular weight excluding hydrogens is 378 g/mol. The second-order valence-electron chi connectivity index (χ2n) is 8.81. The molecule has 7 heteroatoms. The molecule has 1 saturated heterocycles. The van der Waals surface area contributed by atoms with E-state index >= 15 is 0 Å². The highest BCUT2D eigenvalue weighted by atomic mass is 16.3. The Balaban J connectivity index is 1.27. The lowest BCUT2D eigenvalue weighted by Crippen LogP contribution is -2.47. The maximum Gasteiger partial charge on any atom is 0.255 e. The molecule has 0 unspecified atom stereocenters. The molecule has 0 N–H and O–H groups in total. The first-order chi connectivity index (χ1) is 14.7. The number of piperidine rings is 1. The summed E-state index contributed by atoms with van der Waals surface area (Å²) in [5.74, 6) is 1.97. The number of likely N-dealkylation sites (N-methyl/N-ethyl adjacent to an activating group) is 1. The number of hydrogen-bond acceptors (Lipinski definition) is 5. The summed E-state index contributed by atoms with van der Waals surface area (Å²) in [6.07, 6.45) is 8.51. The van der Waals surface area contributed by atoms with Crippen LogP contribution in [0.1, 0.15) is 29.4 Å². The molecule has 1 fully saturated rings. The maximum atomic E-state index is 13.2. The van der Waals surface area contributed by atoms with E-state index in [1.165, 1.54) is 12.1 Å². The van der Waals surface area contributed by atoms with E-state index in [1.807, 2.05) is 30.7 Å². The fourth-order valence-electron chi connectivity index (χ4n) is 5.04. The van der Waals surface area contributed by atoms with Crippen molar-refractivity contribution in [3.05, 3.63) is 76.6 Å². The van der Waals surface area contributed by atoms with Crippen LogP contribution >= 0.6 is 0 Å². The highest BCUT2D eigenvalue weighted by Gasteiger charge is 2.35. The van der Waals surface area contributed by atoms with Crippen LogP contribution in [0.25, 0.3) is 0 Å². The third-order valence-electron chi connectivity index (χ3n) is 6.46. The molecule has 0 amide bonds. The van der Waals surface area contributed by atoms with Gasteiger partial charge in [-0.15, -0.1) is 0 Å². The van der Waals surface area contributed by atoms with Crippen molar-refractivity contribution in [2.45, 2.75) is 38.5 Å². The van der Waals surface area contributed by atoms with E-state index in [1.54, 1.807) is 12.5 Å². The Morgan fingerprint density at radius 2 is 2.17 bits per heavy atom. The Morgan fingerprint density at radius 3 is 2.97 bits per heavy atom. The number of fused-ring (bicyclic) bond motifs is 4. The number of imidazole rings is 1. The number of rotatable bonds is 7. The predicted octanol–water partition coefficient (Wildman–Crippen LogP) is 2.39. The molecule has 5 heterocycles. The molecular formula is C23H29N5O2. The second kappa shape index (κ2) is 8.24. The molecule has 3 aromatic rings. The molecule has 0 aliphatic carbocycles. The summed E-state index contributed by atoms with van der Waals surface area (Å²) in [5, 5.41) is 0. The zero-order valence-corrected chi connectivity index (χ0v) is 17.5. The summed E-state index contributed by atoms with van der Waals surface area (Å²) in [4.78, 5) is 22.0. The first kappa shape index (κ1) is 19.3. The van der Waals surface area contributed by atoms with Crippen LogP contribution in [0.4, 0.5) is 0 Å². The first-order valence-corrected chi connectivity index (χ1v) is 10.8. The van der Waals surface area contributed by atoms with Gasteiger partial charge in [0.2, 0.25) is 0 Å². The molecule has 7 nitrogen and oxygen atoms in total. The van der Waals surface area contributed by atoms with Gasteiger partial charge in [0.05, 0.1) is 19.1 Å². The normalized spacial score (nSPS) is 21.1. The quantitative estimate of drug-likeness (QED) is 0.602. The summed E-state index contributed by atoms with van der Waals surface area (Å²) >= 11 is 0. The molecule has 30 heavy (non-hydrogen) atoms. The Hall–Kier alpha value is -2.64. The lowest BCUT2D eigenvalue weighted by Gasteiger charge is -2.42. The van der Waals surface area contributed by atoms with Crippen molar-refractivity contribution in [1.29, 1.82) is 0 Å². The van der Waals surface area contributed by atoms with E-state index in [-0.39, 0.29) is 5.56 Å². The molecule has 5 rings (SSSR count). The lowest BCUT2D eigenvalue weighted by molar-refractivity contribution is 0.107. The molecule has 0 saturated carbocycles. The van der Waals surface area contributed by atoms with Crippen molar-refractivity contribution in [2.75, 3.05) is 26.7 Å². The van der Waals surface area contributed by atoms with Crippen molar-refractivity contribution < 1.29 is 4.42 Å². The van der Waals surface area contributed by atoms with Crippen LogP contribution in [0.2, 0.25) is 0 Å². The van der Waals surface area contributed by atoms with Crippen molar-refractivity contribution in [3.63, 3.8) is 0 Å². The zero-order valence-electron chi connectivity index (χ0n) is 17.5. The Bertz CT molecular complexity index is 1020. The van der Waals surface area contributed by atoms with E-state index in [0.29, 0.717) is 18.4 Å². The monoisotopic (exact) mass is 407 g/mol. The van der Waals surface area contributed by atoms with E-state index < -0.39 is 0 Å². The van der Waals surface area contributed by atoms with Gasteiger partial charge in [0, 0.05) is 68.8 Å². The fourth-order valence-corrected chi connectivity index (χ4v) is 5.04. The SMILES string of the molecule is CN(CCn1ccnc1)Cc1ccc2n(c1=O)C[C@H]1C[C@@H]2CN(Cc2ccco2)C1. The van der Waals surface area contributed by atoms with Gasteiger partial charge in [-0.05, 0) is 37.6 Å². The summed E-state index contributed by atoms with van der Waals surface area (Å²) in [5.41, 5.74) is 2.28. The van der Waals surface area contributed by atoms with Crippen LogP contribution < -0.4 is 5.56 Å². The number of nitrogens with zero attached hydrogens (tertiary/aromatic N) is 5. The van der Waals surface area contributed by atoms with E-state index in [4.69, 9.17) is 4.42 Å². The Morgan fingerprint density at radius 1 is 1.23 bits per heavy atom. The van der Waals surface area contributed by atoms with Crippen LogP contribution in [-0.4, -0.2) is 50.6 Å². The molecule has 158 valence electrons. The second-order valence-corrected chi connectivity index (χ2v) is 8.81. The zero-order chi connectivity index (χ0) is 20.5. The minimum atomic E-state index is 0.191. The summed E-state index contributed by atoms with van der Waals surface area (Å²) in [6.45, 7) is 6.12. The Kier molecular flexibility index (Phi) is 5.31. The average Bonchev–Trinajstić information content (AvgIpc) is 3.43. The highest BCUT2D eigenvalue weighted by molar-refractivity contribution is 5.22. The van der Waals surface area contributed by atoms with Crippen LogP contribution in [-0.2, 0) is 26.2 Å². The van der Waals surface area contributed by atoms with Gasteiger partial charge in [0.15, 0.2) is 0 Å². The van der Waals surface area contributed by atoms with Gasteiger partial charge < -0.3 is 18.5 Å². The van der Waals surface area contributed by atoms with Gasteiger partial charge in [-0.2, -0.15) is 0 Å². The highest BCUT2D eigenvalue weighted by Crippen LogP contribution is 2.35. The standard InChI is InChI=1S/C23H29N5O2/c1-25(8-9-26-7-6-24-17-26)14-19-4-5-22-20-11-18(13-28(22)23(19)29)12-27(15-20)16-21-3-2-10-30-21/h2-7,10,17-18,20H,8-9,11-16H2,1H3/t18-,20+/m0/s1. The molecule has 2 aliphatic rings. The van der Waals surface area contributed by atoms with E-state index in [0.717, 1.165) is 50.6 Å². The number of pyridine rings is 1. The van der Waals surface area contributed by atoms with Gasteiger partial charge in [0.25, 0.3) is 5.56 Å². The van der Waals surface area contributed by atoms with Crippen LogP contribution in [0.5, 0.6) is 0 Å². The molecule has 0 spiro atoms. The number of hydrogen-bond donors (Lipinski definition) is 0. The van der Waals surface area contributed by atoms with Gasteiger partial charge in [-0.25, -0.2) is 4.98 Å². The number of aromatic nitrogens is 3. The maximum absolute atomic E-state index is 13.2. The number of likely N-dealkylation sites (tertiary alicyclic amines) is 1. The molecule has 3 aromatic heterocycles.